The Labute approximate surface area is 356 Å². The number of aliphatic hydroxyl groups is 1. The zero-order valence-electron chi connectivity index (χ0n) is 33.2. The SMILES string of the molecule is CC(C)(C)SSCCC(=O)NCCCC[C@H](N)C(=O)O[C@H]1[C@@H](O)[C@H](n2cnc3c(N)ncnc32)O[C@@H]1COP(=O)(O)O[C@H]1C[C@H](n2ccc(N)nc2=O)O[C@@H]1COP(=O)(O)O. The smallest absolute Gasteiger partial charge is 0.455 e. The van der Waals surface area contributed by atoms with E-state index >= 15 is 0 Å². The van der Waals surface area contributed by atoms with Crippen molar-refractivity contribution in [2.45, 2.75) is 107 Å². The van der Waals surface area contributed by atoms with Crippen LogP contribution in [0.15, 0.2) is 29.7 Å². The van der Waals surface area contributed by atoms with Crippen LogP contribution in [0.5, 0.6) is 0 Å². The van der Waals surface area contributed by atoms with Crippen molar-refractivity contribution in [2.75, 3.05) is 37.0 Å². The van der Waals surface area contributed by atoms with Crippen molar-refractivity contribution in [3.63, 3.8) is 0 Å². The summed E-state index contributed by atoms with van der Waals surface area (Å²) in [5.41, 5.74) is 17.1. The second-order valence-electron chi connectivity index (χ2n) is 14.9. The number of esters is 1. The molecule has 0 spiro atoms. The van der Waals surface area contributed by atoms with Gasteiger partial charge in [-0.25, -0.2) is 28.9 Å². The van der Waals surface area contributed by atoms with Gasteiger partial charge in [0.25, 0.3) is 0 Å². The zero-order valence-corrected chi connectivity index (χ0v) is 36.6. The fraction of sp³-hybridized carbons (Fsp3) is 0.656. The Bertz CT molecular complexity index is 2140. The Balaban J connectivity index is 1.23. The molecule has 3 aromatic heterocycles. The number of amides is 1. The molecule has 1 unspecified atom stereocenters. The summed E-state index contributed by atoms with van der Waals surface area (Å²) in [4.78, 5) is 83.2. The largest absolute Gasteiger partial charge is 0.472 e. The van der Waals surface area contributed by atoms with E-state index in [0.717, 1.165) is 10.9 Å². The lowest BCUT2D eigenvalue weighted by Gasteiger charge is -2.24. The Morgan fingerprint density at radius 1 is 1.07 bits per heavy atom. The number of nitrogens with zero attached hydrogens (tertiary/aromatic N) is 6. The first-order valence-corrected chi connectivity index (χ1v) is 24.1. The molecule has 29 heteroatoms. The number of carbonyl (C=O) groups excluding carboxylic acids is 2. The van der Waals surface area contributed by atoms with Crippen molar-refractivity contribution in [2.24, 2.45) is 5.73 Å². The van der Waals surface area contributed by atoms with Gasteiger partial charge in [0, 0.05) is 36.1 Å². The molecule has 25 nitrogen and oxygen atoms in total. The predicted octanol–water partition coefficient (Wildman–Crippen LogP) is 0.501. The van der Waals surface area contributed by atoms with Gasteiger partial charge in [0.2, 0.25) is 5.91 Å². The number of phosphoric acid groups is 2. The molecule has 1 amide bonds. The molecule has 0 aromatic carbocycles. The molecule has 0 radical (unpaired) electrons. The van der Waals surface area contributed by atoms with Crippen molar-refractivity contribution in [1.29, 1.82) is 0 Å². The third-order valence-corrected chi connectivity index (χ3v) is 13.8. The maximum atomic E-state index is 13.4. The highest BCUT2D eigenvalue weighted by Crippen LogP contribution is 2.50. The first-order chi connectivity index (χ1) is 28.6. The lowest BCUT2D eigenvalue weighted by Crippen LogP contribution is -2.43. The third-order valence-electron chi connectivity index (χ3n) is 8.93. The van der Waals surface area contributed by atoms with E-state index in [0.29, 0.717) is 31.6 Å². The van der Waals surface area contributed by atoms with Gasteiger partial charge in [0.05, 0.1) is 19.5 Å². The minimum absolute atomic E-state index is 0.0253. The molecule has 2 saturated heterocycles. The molecule has 11 N–H and O–H groups in total. The summed E-state index contributed by atoms with van der Waals surface area (Å²) in [5, 5.41) is 14.3. The van der Waals surface area contributed by atoms with Gasteiger partial charge < -0.3 is 56.5 Å². The van der Waals surface area contributed by atoms with Crippen molar-refractivity contribution in [3.05, 3.63) is 35.4 Å². The maximum absolute atomic E-state index is 13.4. The summed E-state index contributed by atoms with van der Waals surface area (Å²) < 4.78 is 59.8. The van der Waals surface area contributed by atoms with E-state index in [1.54, 1.807) is 21.6 Å². The van der Waals surface area contributed by atoms with Gasteiger partial charge in [0.15, 0.2) is 23.8 Å². The molecule has 2 aliphatic rings. The van der Waals surface area contributed by atoms with E-state index in [1.807, 2.05) is 0 Å². The average Bonchev–Trinajstić information content (AvgIpc) is 3.86. The molecule has 2 fully saturated rings. The Morgan fingerprint density at radius 2 is 1.80 bits per heavy atom. The number of hydrogen-bond donors (Lipinski definition) is 8. The summed E-state index contributed by atoms with van der Waals surface area (Å²) >= 11 is 0. The Hall–Kier alpha value is -3.27. The molecular weight excluding hydrogens is 890 g/mol. The van der Waals surface area contributed by atoms with E-state index in [1.165, 1.54) is 23.2 Å². The van der Waals surface area contributed by atoms with E-state index in [-0.39, 0.29) is 46.3 Å². The first-order valence-electron chi connectivity index (χ1n) is 18.8. The standard InChI is InChI=1S/C32H50N10O15P2S2/c1-32(2,3)61-60-11-8-22(43)36-9-5-4-6-17(33)30(45)56-26-20(55-29(25(26)44)42-16-39-24-27(35)37-15-38-28(24)42)14-53-59(50,51)57-18-12-23(41-10-7-21(34)40-31(41)46)54-19(18)13-52-58(47,48)49/h7,10,15-20,23,25-26,29,44H,4-6,8-9,11-14,33H2,1-3H3,(H,36,43)(H,50,51)(H2,34,40,46)(H2,35,37,38)(H2,47,48,49)/t17-,18-,19+,20+,23+,25+,26+,29+/m0/s1. The summed E-state index contributed by atoms with van der Waals surface area (Å²) in [6, 6.07) is 0.112. The number of aliphatic hydroxyl groups excluding tert-OH is 1. The van der Waals surface area contributed by atoms with Crippen LogP contribution in [0.4, 0.5) is 11.6 Å². The summed E-state index contributed by atoms with van der Waals surface area (Å²) in [6.07, 6.45) is -5.32. The number of hydrogen-bond acceptors (Lipinski definition) is 21. The quantitative estimate of drug-likeness (QED) is 0.0312. The van der Waals surface area contributed by atoms with Crippen LogP contribution in [-0.4, -0.2) is 128 Å². The topological polar surface area (TPSA) is 373 Å². The lowest BCUT2D eigenvalue weighted by molar-refractivity contribution is -0.158. The number of imidazole rings is 1. The van der Waals surface area contributed by atoms with Crippen LogP contribution in [0.25, 0.3) is 11.2 Å². The predicted molar refractivity (Wildman–Crippen MR) is 219 cm³/mol. The van der Waals surface area contributed by atoms with Crippen LogP contribution in [0.3, 0.4) is 0 Å². The fourth-order valence-electron chi connectivity index (χ4n) is 6.10. The Kier molecular flexibility index (Phi) is 16.7. The third kappa shape index (κ3) is 14.1. The number of nitrogens with one attached hydrogen (secondary N) is 1. The van der Waals surface area contributed by atoms with Crippen LogP contribution in [0.2, 0.25) is 0 Å². The van der Waals surface area contributed by atoms with E-state index in [4.69, 9.17) is 40.5 Å². The van der Waals surface area contributed by atoms with E-state index in [9.17, 15) is 43.3 Å². The first kappa shape index (κ1) is 48.8. The molecule has 5 rings (SSSR count). The number of anilines is 2. The minimum Gasteiger partial charge on any atom is -0.455 e. The highest BCUT2D eigenvalue weighted by molar-refractivity contribution is 8.77. The molecule has 0 aliphatic carbocycles. The summed E-state index contributed by atoms with van der Waals surface area (Å²) in [7, 11) is -6.90. The molecular formula is C32H50N10O15P2S2. The number of carbonyl (C=O) groups is 2. The molecule has 340 valence electrons. The number of phosphoric ester groups is 2. The molecule has 61 heavy (non-hydrogen) atoms. The number of rotatable bonds is 21. The summed E-state index contributed by atoms with van der Waals surface area (Å²) in [6.45, 7) is 4.97. The van der Waals surface area contributed by atoms with Crippen LogP contribution >= 0.6 is 37.2 Å². The molecule has 9 atom stereocenters. The monoisotopic (exact) mass is 940 g/mol. The van der Waals surface area contributed by atoms with E-state index in [2.05, 4.69) is 50.5 Å². The normalized spacial score (nSPS) is 24.8. The molecule has 5 heterocycles. The van der Waals surface area contributed by atoms with Crippen molar-refractivity contribution < 1.29 is 66.3 Å². The molecule has 2 aliphatic heterocycles. The van der Waals surface area contributed by atoms with Gasteiger partial charge in [-0.15, -0.1) is 0 Å². The maximum Gasteiger partial charge on any atom is 0.472 e. The van der Waals surface area contributed by atoms with Crippen molar-refractivity contribution >= 4 is 71.9 Å². The van der Waals surface area contributed by atoms with Crippen LogP contribution in [-0.2, 0) is 46.5 Å². The second-order valence-corrected chi connectivity index (χ2v) is 20.7. The number of nitrogen functional groups attached to an aromatic ring is 2. The highest BCUT2D eigenvalue weighted by atomic mass is 33.1. The van der Waals surface area contributed by atoms with Gasteiger partial charge in [-0.1, -0.05) is 42.4 Å². The zero-order chi connectivity index (χ0) is 44.7. The van der Waals surface area contributed by atoms with E-state index < -0.39 is 89.5 Å². The number of nitrogens with two attached hydrogens (primary N) is 3. The number of aromatic nitrogens is 6. The van der Waals surface area contributed by atoms with Gasteiger partial charge >= 0.3 is 27.3 Å². The van der Waals surface area contributed by atoms with Crippen molar-refractivity contribution in [1.82, 2.24) is 34.4 Å². The number of ether oxygens (including phenoxy) is 3. The van der Waals surface area contributed by atoms with Gasteiger partial charge in [-0.2, -0.15) is 4.98 Å². The molecule has 0 bridgehead atoms. The van der Waals surface area contributed by atoms with Crippen molar-refractivity contribution in [3.8, 4) is 0 Å². The molecule has 0 saturated carbocycles. The van der Waals surface area contributed by atoms with Gasteiger partial charge in [-0.3, -0.25) is 32.3 Å². The lowest BCUT2D eigenvalue weighted by atomic mass is 10.1. The fourth-order valence-corrected chi connectivity index (χ4v) is 9.67. The van der Waals surface area contributed by atoms with Gasteiger partial charge in [0.1, 0.15) is 54.3 Å². The summed E-state index contributed by atoms with van der Waals surface area (Å²) in [5.74, 6) is -0.436. The second kappa shape index (κ2) is 20.9. The number of fused-ring (bicyclic) bond motifs is 1. The molecule has 3 aromatic rings. The highest BCUT2D eigenvalue weighted by Gasteiger charge is 2.50. The average molecular weight is 941 g/mol. The van der Waals surface area contributed by atoms with Gasteiger partial charge in [-0.05, 0) is 25.3 Å². The minimum atomic E-state index is -5.17. The Morgan fingerprint density at radius 3 is 2.51 bits per heavy atom. The van der Waals surface area contributed by atoms with Crippen LogP contribution < -0.4 is 28.2 Å². The van der Waals surface area contributed by atoms with Crippen LogP contribution in [0.1, 0.15) is 65.3 Å². The van der Waals surface area contributed by atoms with Crippen LogP contribution in [0, 0.1) is 0 Å². The number of unbranched alkanes of at least 4 members (excludes halogenated alkanes) is 1.